The van der Waals surface area contributed by atoms with Gasteiger partial charge in [0.05, 0.1) is 33.5 Å². The molecule has 1 aliphatic heterocycles. The lowest BCUT2D eigenvalue weighted by Gasteiger charge is -2.19. The van der Waals surface area contributed by atoms with Crippen LogP contribution in [0.15, 0.2) is 46.8 Å². The van der Waals surface area contributed by atoms with Gasteiger partial charge in [-0.3, -0.25) is 19.3 Å². The van der Waals surface area contributed by atoms with Crippen LogP contribution in [0.4, 0.5) is 11.4 Å². The van der Waals surface area contributed by atoms with Gasteiger partial charge in [0, 0.05) is 5.69 Å². The van der Waals surface area contributed by atoms with Crippen LogP contribution in [0.25, 0.3) is 10.2 Å². The Bertz CT molecular complexity index is 1250. The summed E-state index contributed by atoms with van der Waals surface area (Å²) >= 11 is 2.87. The first kappa shape index (κ1) is 23.1. The van der Waals surface area contributed by atoms with Crippen LogP contribution >= 0.6 is 23.1 Å². The van der Waals surface area contributed by atoms with Gasteiger partial charge in [0.25, 0.3) is 0 Å². The number of imide groups is 1. The van der Waals surface area contributed by atoms with Crippen molar-refractivity contribution in [1.29, 1.82) is 0 Å². The summed E-state index contributed by atoms with van der Waals surface area (Å²) in [5.74, 6) is 0.0477. The molecule has 8 heteroatoms. The second-order valence-electron chi connectivity index (χ2n) is 9.22. The highest BCUT2D eigenvalue weighted by molar-refractivity contribution is 8.01. The number of nitrogens with zero attached hydrogens (tertiary/aromatic N) is 2. The fourth-order valence-electron chi connectivity index (χ4n) is 4.94. The molecule has 2 fully saturated rings. The Hall–Kier alpha value is -2.71. The number of rotatable bonds is 6. The van der Waals surface area contributed by atoms with E-state index in [-0.39, 0.29) is 35.3 Å². The highest BCUT2D eigenvalue weighted by atomic mass is 32.2. The fraction of sp³-hybridized carbons (Fsp3) is 0.385. The third-order valence-corrected chi connectivity index (χ3v) is 8.80. The molecule has 1 saturated carbocycles. The van der Waals surface area contributed by atoms with Crippen molar-refractivity contribution in [2.24, 2.45) is 11.8 Å². The van der Waals surface area contributed by atoms with Crippen LogP contribution in [-0.2, 0) is 14.4 Å². The van der Waals surface area contributed by atoms with E-state index in [2.05, 4.69) is 24.1 Å². The van der Waals surface area contributed by atoms with E-state index in [1.54, 1.807) is 6.07 Å². The summed E-state index contributed by atoms with van der Waals surface area (Å²) in [5, 5.41) is 3.01. The first-order valence-corrected chi connectivity index (χ1v) is 13.5. The molecule has 1 aromatic heterocycles. The predicted octanol–water partition coefficient (Wildman–Crippen LogP) is 5.83. The van der Waals surface area contributed by atoms with Gasteiger partial charge in [-0.15, -0.1) is 11.3 Å². The molecule has 0 spiro atoms. The Balaban J connectivity index is 1.28. The molecule has 176 valence electrons. The van der Waals surface area contributed by atoms with E-state index in [4.69, 9.17) is 0 Å². The number of hydrogen-bond acceptors (Lipinski definition) is 6. The van der Waals surface area contributed by atoms with Gasteiger partial charge in [-0.2, -0.15) is 0 Å². The van der Waals surface area contributed by atoms with Crippen LogP contribution in [0.2, 0.25) is 0 Å². The molecule has 2 heterocycles. The van der Waals surface area contributed by atoms with E-state index in [0.29, 0.717) is 11.6 Å². The van der Waals surface area contributed by atoms with Crippen molar-refractivity contribution in [3.05, 3.63) is 48.0 Å². The zero-order valence-electron chi connectivity index (χ0n) is 19.2. The van der Waals surface area contributed by atoms with Crippen molar-refractivity contribution < 1.29 is 14.4 Å². The number of carbonyl (C=O) groups excluding carboxylic acids is 3. The molecular formula is C26H27N3O3S2. The Morgan fingerprint density at radius 2 is 1.82 bits per heavy atom. The standard InChI is InChI=1S/C26H27N3O3S2/c1-15(2)17-7-5-6-10-20(17)27-23(30)14-33-26-28-21-12-11-16(13-22(21)34-26)29-24(31)18-8-3-4-9-19(18)25(29)32/h5-7,10-13,15,18-19H,3-4,8-9,14H2,1-2H3,(H,27,30)/t18-,19-/m1/s1. The first-order valence-electron chi connectivity index (χ1n) is 11.7. The van der Waals surface area contributed by atoms with Crippen molar-refractivity contribution in [3.63, 3.8) is 0 Å². The topological polar surface area (TPSA) is 79.4 Å². The number of para-hydroxylation sites is 1. The summed E-state index contributed by atoms with van der Waals surface area (Å²) in [6.45, 7) is 4.21. The van der Waals surface area contributed by atoms with Crippen molar-refractivity contribution >= 4 is 62.4 Å². The minimum absolute atomic E-state index is 0.0634. The van der Waals surface area contributed by atoms with E-state index in [1.165, 1.54) is 28.0 Å². The molecule has 3 amide bonds. The summed E-state index contributed by atoms with van der Waals surface area (Å²) in [6.07, 6.45) is 3.64. The largest absolute Gasteiger partial charge is 0.325 e. The maximum atomic E-state index is 12.9. The Labute approximate surface area is 207 Å². The lowest BCUT2D eigenvalue weighted by molar-refractivity contribution is -0.122. The molecule has 2 atom stereocenters. The van der Waals surface area contributed by atoms with Crippen molar-refractivity contribution in [1.82, 2.24) is 4.98 Å². The smallest absolute Gasteiger partial charge is 0.237 e. The lowest BCUT2D eigenvalue weighted by atomic mass is 9.81. The SMILES string of the molecule is CC(C)c1ccccc1NC(=O)CSc1nc2ccc(N3C(=O)[C@@H]4CCCC[C@H]4C3=O)cc2s1. The summed E-state index contributed by atoms with van der Waals surface area (Å²) in [7, 11) is 0. The average molecular weight is 494 g/mol. The molecular weight excluding hydrogens is 466 g/mol. The molecule has 0 radical (unpaired) electrons. The van der Waals surface area contributed by atoms with Gasteiger partial charge >= 0.3 is 0 Å². The van der Waals surface area contributed by atoms with Crippen molar-refractivity contribution in [2.75, 3.05) is 16.0 Å². The van der Waals surface area contributed by atoms with Crippen LogP contribution in [-0.4, -0.2) is 28.5 Å². The number of thioether (sulfide) groups is 1. The summed E-state index contributed by atoms with van der Waals surface area (Å²) in [4.78, 5) is 44.4. The van der Waals surface area contributed by atoms with E-state index in [1.807, 2.05) is 36.4 Å². The van der Waals surface area contributed by atoms with E-state index < -0.39 is 0 Å². The second-order valence-corrected chi connectivity index (χ2v) is 11.5. The third kappa shape index (κ3) is 4.36. The first-order chi connectivity index (χ1) is 16.4. The highest BCUT2D eigenvalue weighted by Gasteiger charge is 2.48. The second kappa shape index (κ2) is 9.50. The Morgan fingerprint density at radius 1 is 1.12 bits per heavy atom. The fourth-order valence-corrected chi connectivity index (χ4v) is 6.84. The van der Waals surface area contributed by atoms with Gasteiger partial charge in [0.1, 0.15) is 0 Å². The molecule has 6 nitrogen and oxygen atoms in total. The van der Waals surface area contributed by atoms with E-state index >= 15 is 0 Å². The Kier molecular flexibility index (Phi) is 6.44. The molecule has 2 aromatic carbocycles. The van der Waals surface area contributed by atoms with Crippen LogP contribution < -0.4 is 10.2 Å². The maximum absolute atomic E-state index is 12.9. The molecule has 0 bridgehead atoms. The number of hydrogen-bond donors (Lipinski definition) is 1. The maximum Gasteiger partial charge on any atom is 0.237 e. The molecule has 3 aromatic rings. The van der Waals surface area contributed by atoms with Gasteiger partial charge in [0.15, 0.2) is 4.34 Å². The molecule has 2 aliphatic rings. The van der Waals surface area contributed by atoms with Crippen LogP contribution in [0.5, 0.6) is 0 Å². The molecule has 5 rings (SSSR count). The molecule has 1 saturated heterocycles. The number of carbonyl (C=O) groups is 3. The van der Waals surface area contributed by atoms with Gasteiger partial charge in [0.2, 0.25) is 17.7 Å². The summed E-state index contributed by atoms with van der Waals surface area (Å²) in [6, 6.07) is 13.4. The zero-order valence-corrected chi connectivity index (χ0v) is 20.9. The predicted molar refractivity (Wildman–Crippen MR) is 137 cm³/mol. The van der Waals surface area contributed by atoms with E-state index in [0.717, 1.165) is 51.5 Å². The highest BCUT2D eigenvalue weighted by Crippen LogP contribution is 2.41. The summed E-state index contributed by atoms with van der Waals surface area (Å²) < 4.78 is 1.69. The molecule has 34 heavy (non-hydrogen) atoms. The van der Waals surface area contributed by atoms with Crippen molar-refractivity contribution in [2.45, 2.75) is 49.8 Å². The normalized spacial score (nSPS) is 20.3. The summed E-state index contributed by atoms with van der Waals surface area (Å²) in [5.41, 5.74) is 3.38. The number of anilines is 2. The Morgan fingerprint density at radius 3 is 2.53 bits per heavy atom. The van der Waals surface area contributed by atoms with Gasteiger partial charge in [-0.1, -0.05) is 56.7 Å². The number of benzene rings is 2. The lowest BCUT2D eigenvalue weighted by Crippen LogP contribution is -2.30. The minimum atomic E-state index is -0.163. The van der Waals surface area contributed by atoms with Gasteiger partial charge in [-0.05, 0) is 48.6 Å². The minimum Gasteiger partial charge on any atom is -0.325 e. The van der Waals surface area contributed by atoms with Crippen LogP contribution in [0.1, 0.15) is 51.0 Å². The zero-order chi connectivity index (χ0) is 23.8. The number of thiazole rings is 1. The number of amides is 3. The quantitative estimate of drug-likeness (QED) is 0.345. The number of fused-ring (bicyclic) bond motifs is 2. The number of nitrogens with one attached hydrogen (secondary N) is 1. The third-order valence-electron chi connectivity index (χ3n) is 6.64. The molecule has 1 aliphatic carbocycles. The number of aromatic nitrogens is 1. The van der Waals surface area contributed by atoms with Crippen LogP contribution in [0, 0.1) is 11.8 Å². The molecule has 0 unspecified atom stereocenters. The molecule has 1 N–H and O–H groups in total. The van der Waals surface area contributed by atoms with Gasteiger partial charge < -0.3 is 5.32 Å². The monoisotopic (exact) mass is 493 g/mol. The van der Waals surface area contributed by atoms with E-state index in [9.17, 15) is 14.4 Å². The average Bonchev–Trinajstić information content (AvgIpc) is 3.36. The van der Waals surface area contributed by atoms with Gasteiger partial charge in [-0.25, -0.2) is 4.98 Å². The van der Waals surface area contributed by atoms with Crippen LogP contribution in [0.3, 0.4) is 0 Å². The van der Waals surface area contributed by atoms with Crippen molar-refractivity contribution in [3.8, 4) is 0 Å².